The molecule has 2 aromatic rings. The van der Waals surface area contributed by atoms with Crippen molar-refractivity contribution in [3.63, 3.8) is 0 Å². The molecule has 0 spiro atoms. The molecule has 0 radical (unpaired) electrons. The molecule has 0 amide bonds. The number of hydrogen-bond acceptors (Lipinski definition) is 5. The topological polar surface area (TPSA) is 79.5 Å². The number of benzene rings is 1. The number of carboxylic acid groups (broad SMARTS) is 1. The maximum Gasteiger partial charge on any atom is 0.393 e. The van der Waals surface area contributed by atoms with E-state index in [2.05, 4.69) is 10.1 Å². The lowest BCUT2D eigenvalue weighted by Crippen LogP contribution is -2.33. The van der Waals surface area contributed by atoms with Crippen molar-refractivity contribution in [3.05, 3.63) is 35.7 Å². The molecular formula is C17H18F3N3O3. The van der Waals surface area contributed by atoms with Crippen molar-refractivity contribution in [2.75, 3.05) is 13.1 Å². The molecular weight excluding hydrogens is 351 g/mol. The van der Waals surface area contributed by atoms with E-state index >= 15 is 0 Å². The number of aliphatic carboxylic acids is 1. The van der Waals surface area contributed by atoms with E-state index in [0.717, 1.165) is 11.1 Å². The number of hydrogen-bond donors (Lipinski definition) is 1. The highest BCUT2D eigenvalue weighted by molar-refractivity contribution is 5.71. The molecule has 140 valence electrons. The first-order valence-corrected chi connectivity index (χ1v) is 8.11. The molecule has 0 saturated carbocycles. The molecule has 0 bridgehead atoms. The highest BCUT2D eigenvalue weighted by atomic mass is 19.4. The van der Waals surface area contributed by atoms with Crippen LogP contribution in [0.4, 0.5) is 13.2 Å². The predicted octanol–water partition coefficient (Wildman–Crippen LogP) is 3.30. The van der Waals surface area contributed by atoms with E-state index in [1.807, 2.05) is 31.2 Å². The number of nitrogens with zero attached hydrogens (tertiary/aromatic N) is 3. The molecule has 1 aromatic carbocycles. The quantitative estimate of drug-likeness (QED) is 0.891. The van der Waals surface area contributed by atoms with E-state index < -0.39 is 36.6 Å². The van der Waals surface area contributed by atoms with E-state index in [1.165, 1.54) is 4.90 Å². The zero-order chi connectivity index (χ0) is 19.1. The van der Waals surface area contributed by atoms with E-state index in [1.54, 1.807) is 6.92 Å². The maximum atomic E-state index is 13.1. The van der Waals surface area contributed by atoms with Crippen molar-refractivity contribution < 1.29 is 27.6 Å². The first-order chi connectivity index (χ1) is 12.2. The third-order valence-corrected chi connectivity index (χ3v) is 4.82. The van der Waals surface area contributed by atoms with Crippen molar-refractivity contribution in [2.24, 2.45) is 11.8 Å². The first kappa shape index (κ1) is 18.4. The Hall–Kier alpha value is -2.42. The van der Waals surface area contributed by atoms with E-state index in [4.69, 9.17) is 9.63 Å². The van der Waals surface area contributed by atoms with Crippen molar-refractivity contribution >= 4 is 5.97 Å². The van der Waals surface area contributed by atoms with Gasteiger partial charge in [0.1, 0.15) is 0 Å². The maximum absolute atomic E-state index is 13.1. The Kier molecular flexibility index (Phi) is 4.74. The predicted molar refractivity (Wildman–Crippen MR) is 85.1 cm³/mol. The minimum Gasteiger partial charge on any atom is -0.481 e. The summed E-state index contributed by atoms with van der Waals surface area (Å²) >= 11 is 0. The van der Waals surface area contributed by atoms with Crippen LogP contribution in [0.1, 0.15) is 24.4 Å². The molecule has 1 aromatic heterocycles. The van der Waals surface area contributed by atoms with E-state index in [9.17, 15) is 18.0 Å². The standard InChI is InChI=1S/C17H18F3N3O3/c1-9-5-3-4-6-11(9)14-21-15(26-22-14)10(2)23-7-12(16(24)25)13(8-23)17(18,19)20/h3-6,10,12-13H,7-8H2,1-2H3,(H,24,25)/t10?,12-,13-/m1/s1. The number of halogens is 3. The summed E-state index contributed by atoms with van der Waals surface area (Å²) in [4.78, 5) is 16.9. The van der Waals surface area contributed by atoms with Crippen molar-refractivity contribution in [1.82, 2.24) is 15.0 Å². The van der Waals surface area contributed by atoms with Crippen LogP contribution in [0.2, 0.25) is 0 Å². The number of rotatable bonds is 4. The van der Waals surface area contributed by atoms with Gasteiger partial charge in [0, 0.05) is 18.7 Å². The normalized spacial score (nSPS) is 22.5. The van der Waals surface area contributed by atoms with Gasteiger partial charge < -0.3 is 9.63 Å². The zero-order valence-electron chi connectivity index (χ0n) is 14.2. The smallest absolute Gasteiger partial charge is 0.393 e. The van der Waals surface area contributed by atoms with Gasteiger partial charge in [-0.05, 0) is 19.4 Å². The van der Waals surface area contributed by atoms with Crippen LogP contribution in [-0.2, 0) is 4.79 Å². The lowest BCUT2D eigenvalue weighted by molar-refractivity contribution is -0.188. The highest BCUT2D eigenvalue weighted by Gasteiger charge is 2.53. The molecule has 3 rings (SSSR count). The Labute approximate surface area is 147 Å². The SMILES string of the molecule is Cc1ccccc1-c1noc(C(C)N2C[C@@H](C(F)(F)F)[C@H](C(=O)O)C2)n1. The summed E-state index contributed by atoms with van der Waals surface area (Å²) in [6.07, 6.45) is -4.57. The van der Waals surface area contributed by atoms with Gasteiger partial charge in [-0.2, -0.15) is 18.2 Å². The van der Waals surface area contributed by atoms with Crippen LogP contribution in [0.3, 0.4) is 0 Å². The number of aromatic nitrogens is 2. The lowest BCUT2D eigenvalue weighted by Gasteiger charge is -2.21. The molecule has 1 aliphatic heterocycles. The second-order valence-corrected chi connectivity index (χ2v) is 6.49. The minimum absolute atomic E-state index is 0.162. The Balaban J connectivity index is 1.81. The van der Waals surface area contributed by atoms with Gasteiger partial charge in [-0.3, -0.25) is 9.69 Å². The summed E-state index contributed by atoms with van der Waals surface area (Å²) in [5.74, 6) is -4.35. The summed E-state index contributed by atoms with van der Waals surface area (Å²) in [7, 11) is 0. The van der Waals surface area contributed by atoms with Gasteiger partial charge in [-0.25, -0.2) is 0 Å². The van der Waals surface area contributed by atoms with Gasteiger partial charge in [0.15, 0.2) is 0 Å². The Morgan fingerprint density at radius 3 is 2.62 bits per heavy atom. The van der Waals surface area contributed by atoms with Crippen LogP contribution in [0.15, 0.2) is 28.8 Å². The molecule has 1 aliphatic rings. The minimum atomic E-state index is -4.57. The molecule has 9 heteroatoms. The first-order valence-electron chi connectivity index (χ1n) is 8.11. The number of likely N-dealkylation sites (tertiary alicyclic amines) is 1. The molecule has 3 atom stereocenters. The average Bonchev–Trinajstić information content (AvgIpc) is 3.22. The van der Waals surface area contributed by atoms with Gasteiger partial charge in [0.2, 0.25) is 11.7 Å². The highest BCUT2D eigenvalue weighted by Crippen LogP contribution is 2.40. The number of carbonyl (C=O) groups is 1. The number of carboxylic acids is 1. The second-order valence-electron chi connectivity index (χ2n) is 6.49. The van der Waals surface area contributed by atoms with Crippen LogP contribution in [0.25, 0.3) is 11.4 Å². The van der Waals surface area contributed by atoms with Crippen LogP contribution >= 0.6 is 0 Å². The average molecular weight is 369 g/mol. The Morgan fingerprint density at radius 2 is 2.04 bits per heavy atom. The van der Waals surface area contributed by atoms with E-state index in [-0.39, 0.29) is 12.4 Å². The molecule has 1 unspecified atom stereocenters. The van der Waals surface area contributed by atoms with Crippen molar-refractivity contribution in [2.45, 2.75) is 26.1 Å². The van der Waals surface area contributed by atoms with Crippen LogP contribution in [0.5, 0.6) is 0 Å². The van der Waals surface area contributed by atoms with Crippen LogP contribution in [0, 0.1) is 18.8 Å². The van der Waals surface area contributed by atoms with Gasteiger partial charge in [-0.1, -0.05) is 29.4 Å². The summed E-state index contributed by atoms with van der Waals surface area (Å²) < 4.78 is 44.6. The van der Waals surface area contributed by atoms with Gasteiger partial charge >= 0.3 is 12.1 Å². The molecule has 1 N–H and O–H groups in total. The Morgan fingerprint density at radius 1 is 1.35 bits per heavy atom. The fourth-order valence-corrected chi connectivity index (χ4v) is 3.23. The fraction of sp³-hybridized carbons (Fsp3) is 0.471. The monoisotopic (exact) mass is 369 g/mol. The summed E-state index contributed by atoms with van der Waals surface area (Å²) in [6, 6.07) is 6.80. The van der Waals surface area contributed by atoms with Crippen LogP contribution < -0.4 is 0 Å². The molecule has 0 aliphatic carbocycles. The number of aryl methyl sites for hydroxylation is 1. The van der Waals surface area contributed by atoms with Crippen molar-refractivity contribution in [3.8, 4) is 11.4 Å². The molecule has 1 fully saturated rings. The molecule has 2 heterocycles. The van der Waals surface area contributed by atoms with E-state index in [0.29, 0.717) is 5.82 Å². The Bertz CT molecular complexity index is 806. The third-order valence-electron chi connectivity index (χ3n) is 4.82. The van der Waals surface area contributed by atoms with Gasteiger partial charge in [0.05, 0.1) is 17.9 Å². The van der Waals surface area contributed by atoms with Gasteiger partial charge in [0.25, 0.3) is 0 Å². The third kappa shape index (κ3) is 3.44. The second kappa shape index (κ2) is 6.71. The lowest BCUT2D eigenvalue weighted by atomic mass is 9.96. The van der Waals surface area contributed by atoms with Crippen molar-refractivity contribution in [1.29, 1.82) is 0 Å². The molecule has 1 saturated heterocycles. The molecule has 6 nitrogen and oxygen atoms in total. The molecule has 26 heavy (non-hydrogen) atoms. The summed E-state index contributed by atoms with van der Waals surface area (Å²) in [6.45, 7) is 2.89. The zero-order valence-corrected chi connectivity index (χ0v) is 14.2. The largest absolute Gasteiger partial charge is 0.481 e. The van der Waals surface area contributed by atoms with Gasteiger partial charge in [-0.15, -0.1) is 0 Å². The summed E-state index contributed by atoms with van der Waals surface area (Å²) in [5, 5.41) is 13.0. The summed E-state index contributed by atoms with van der Waals surface area (Å²) in [5.41, 5.74) is 1.71. The fourth-order valence-electron chi connectivity index (χ4n) is 3.23. The van der Waals surface area contributed by atoms with Crippen LogP contribution in [-0.4, -0.2) is 45.4 Å². The number of alkyl halides is 3.